The number of aromatic amines is 1. The topological polar surface area (TPSA) is 88.5 Å². The fourth-order valence-corrected chi connectivity index (χ4v) is 4.22. The number of aromatic nitrogens is 5. The van der Waals surface area contributed by atoms with E-state index in [0.29, 0.717) is 43.8 Å². The highest BCUT2D eigenvalue weighted by Crippen LogP contribution is 2.28. The van der Waals surface area contributed by atoms with Crippen LogP contribution in [-0.2, 0) is 0 Å². The molecule has 0 spiro atoms. The maximum atomic E-state index is 13.9. The first-order valence-electron chi connectivity index (χ1n) is 9.63. The molecule has 5 aromatic rings. The Hall–Kier alpha value is -3.49. The van der Waals surface area contributed by atoms with Crippen LogP contribution in [0, 0.1) is 5.82 Å². The van der Waals surface area contributed by atoms with E-state index in [1.165, 1.54) is 29.4 Å². The summed E-state index contributed by atoms with van der Waals surface area (Å²) < 4.78 is 15.4. The number of halogens is 3. The van der Waals surface area contributed by atoms with E-state index in [4.69, 9.17) is 23.2 Å². The zero-order valence-corrected chi connectivity index (χ0v) is 18.1. The molecule has 2 aromatic carbocycles. The molecule has 0 bridgehead atoms. The van der Waals surface area contributed by atoms with E-state index in [2.05, 4.69) is 25.3 Å². The molecule has 0 aliphatic heterocycles. The van der Waals surface area contributed by atoms with Gasteiger partial charge >= 0.3 is 0 Å². The van der Waals surface area contributed by atoms with Gasteiger partial charge in [-0.05, 0) is 48.7 Å². The molecule has 0 fully saturated rings. The summed E-state index contributed by atoms with van der Waals surface area (Å²) in [7, 11) is 0. The molecule has 5 rings (SSSR count). The Labute approximate surface area is 190 Å². The minimum absolute atomic E-state index is 0.244. The summed E-state index contributed by atoms with van der Waals surface area (Å²) in [5.74, 6) is 0.0113. The smallest absolute Gasteiger partial charge is 0.263 e. The summed E-state index contributed by atoms with van der Waals surface area (Å²) in [5, 5.41) is 4.90. The van der Waals surface area contributed by atoms with Crippen LogP contribution in [0.25, 0.3) is 27.6 Å². The standard InChI is InChI=1S/C22H15Cl2FN6O/c1-11(30-21-19-20(27-9-26-19)28-10-29-21)18-4-12-2-3-15(25)8-17(12)22(32)31(18)16-6-13(23)5-14(24)7-16/h2-11H,1H3,(H2,26,27,28,29,30). The van der Waals surface area contributed by atoms with Gasteiger partial charge in [-0.2, -0.15) is 0 Å². The van der Waals surface area contributed by atoms with Crippen LogP contribution in [0.1, 0.15) is 18.7 Å². The maximum absolute atomic E-state index is 13.9. The molecule has 0 aliphatic rings. The SMILES string of the molecule is CC(Nc1ncnc2[nH]cnc12)c1cc2ccc(F)cc2c(=O)n1-c1cc(Cl)cc(Cl)c1. The number of imidazole rings is 1. The highest BCUT2D eigenvalue weighted by atomic mass is 35.5. The molecular weight excluding hydrogens is 454 g/mol. The molecule has 0 saturated carbocycles. The number of benzene rings is 2. The second-order valence-electron chi connectivity index (χ2n) is 7.26. The van der Waals surface area contributed by atoms with Gasteiger partial charge in [0.1, 0.15) is 17.7 Å². The lowest BCUT2D eigenvalue weighted by molar-refractivity contribution is 0.629. The molecule has 0 amide bonds. The second-order valence-corrected chi connectivity index (χ2v) is 8.13. The summed E-state index contributed by atoms with van der Waals surface area (Å²) in [5.41, 5.74) is 1.84. The third-order valence-corrected chi connectivity index (χ3v) is 5.57. The van der Waals surface area contributed by atoms with Crippen LogP contribution in [0.2, 0.25) is 10.0 Å². The first-order chi connectivity index (χ1) is 15.4. The van der Waals surface area contributed by atoms with Gasteiger partial charge in [-0.25, -0.2) is 19.3 Å². The van der Waals surface area contributed by atoms with Crippen molar-refractivity contribution in [3.8, 4) is 5.69 Å². The van der Waals surface area contributed by atoms with Gasteiger partial charge in [0.05, 0.1) is 23.4 Å². The van der Waals surface area contributed by atoms with Gasteiger partial charge in [0.2, 0.25) is 0 Å². The molecule has 1 atom stereocenters. The van der Waals surface area contributed by atoms with Gasteiger partial charge in [-0.15, -0.1) is 0 Å². The number of rotatable bonds is 4. The van der Waals surface area contributed by atoms with Crippen LogP contribution >= 0.6 is 23.2 Å². The molecule has 1 unspecified atom stereocenters. The molecule has 0 aliphatic carbocycles. The number of hydrogen-bond acceptors (Lipinski definition) is 5. The lowest BCUT2D eigenvalue weighted by atomic mass is 10.1. The molecule has 3 aromatic heterocycles. The van der Waals surface area contributed by atoms with Gasteiger partial charge in [-0.1, -0.05) is 29.3 Å². The second kappa shape index (κ2) is 7.89. The average molecular weight is 469 g/mol. The van der Waals surface area contributed by atoms with Crippen LogP contribution in [0.15, 0.2) is 59.9 Å². The Kier molecular flexibility index (Phi) is 5.03. The van der Waals surface area contributed by atoms with Crippen LogP contribution in [-0.4, -0.2) is 24.5 Å². The number of pyridine rings is 1. The monoisotopic (exact) mass is 468 g/mol. The summed E-state index contributed by atoms with van der Waals surface area (Å²) >= 11 is 12.4. The van der Waals surface area contributed by atoms with Crippen molar-refractivity contribution in [1.29, 1.82) is 0 Å². The van der Waals surface area contributed by atoms with E-state index in [-0.39, 0.29) is 5.39 Å². The molecule has 32 heavy (non-hydrogen) atoms. The number of nitrogens with zero attached hydrogens (tertiary/aromatic N) is 4. The Morgan fingerprint density at radius 1 is 1.06 bits per heavy atom. The number of fused-ring (bicyclic) bond motifs is 2. The van der Waals surface area contributed by atoms with E-state index in [0.717, 1.165) is 0 Å². The number of nitrogens with one attached hydrogen (secondary N) is 2. The van der Waals surface area contributed by atoms with E-state index < -0.39 is 17.4 Å². The van der Waals surface area contributed by atoms with Crippen LogP contribution in [0.4, 0.5) is 10.2 Å². The van der Waals surface area contributed by atoms with Crippen LogP contribution in [0.3, 0.4) is 0 Å². The van der Waals surface area contributed by atoms with Crippen LogP contribution in [0.5, 0.6) is 0 Å². The summed E-state index contributed by atoms with van der Waals surface area (Å²) in [6, 6.07) is 10.4. The quantitative estimate of drug-likeness (QED) is 0.374. The normalized spacial score (nSPS) is 12.4. The molecule has 3 heterocycles. The van der Waals surface area contributed by atoms with Crippen molar-refractivity contribution in [2.45, 2.75) is 13.0 Å². The van der Waals surface area contributed by atoms with Crippen molar-refractivity contribution in [2.75, 3.05) is 5.32 Å². The third-order valence-electron chi connectivity index (χ3n) is 5.13. The van der Waals surface area contributed by atoms with Gasteiger partial charge in [0, 0.05) is 15.7 Å². The fourth-order valence-electron chi connectivity index (χ4n) is 3.70. The zero-order valence-electron chi connectivity index (χ0n) is 16.6. The van der Waals surface area contributed by atoms with E-state index in [1.807, 2.05) is 13.0 Å². The third kappa shape index (κ3) is 3.57. The molecule has 7 nitrogen and oxygen atoms in total. The van der Waals surface area contributed by atoms with Crippen molar-refractivity contribution in [2.24, 2.45) is 0 Å². The fraction of sp³-hybridized carbons (Fsp3) is 0.0909. The number of H-pyrrole nitrogens is 1. The first kappa shape index (κ1) is 20.4. The van der Waals surface area contributed by atoms with Crippen molar-refractivity contribution in [3.63, 3.8) is 0 Å². The average Bonchev–Trinajstić information content (AvgIpc) is 3.23. The summed E-state index contributed by atoms with van der Waals surface area (Å²) in [4.78, 5) is 29.1. The van der Waals surface area contributed by atoms with Gasteiger partial charge < -0.3 is 10.3 Å². The van der Waals surface area contributed by atoms with Crippen molar-refractivity contribution < 1.29 is 4.39 Å². The van der Waals surface area contributed by atoms with Crippen LogP contribution < -0.4 is 10.9 Å². The zero-order chi connectivity index (χ0) is 22.4. The Morgan fingerprint density at radius 3 is 2.62 bits per heavy atom. The molecule has 2 N–H and O–H groups in total. The Morgan fingerprint density at radius 2 is 1.84 bits per heavy atom. The van der Waals surface area contributed by atoms with E-state index >= 15 is 0 Å². The number of hydrogen-bond donors (Lipinski definition) is 2. The van der Waals surface area contributed by atoms with Gasteiger partial charge in [0.15, 0.2) is 11.5 Å². The lowest BCUT2D eigenvalue weighted by Gasteiger charge is -2.21. The lowest BCUT2D eigenvalue weighted by Crippen LogP contribution is -2.25. The summed E-state index contributed by atoms with van der Waals surface area (Å²) in [6.07, 6.45) is 2.95. The van der Waals surface area contributed by atoms with E-state index in [1.54, 1.807) is 24.3 Å². The largest absolute Gasteiger partial charge is 0.360 e. The maximum Gasteiger partial charge on any atom is 0.263 e. The number of anilines is 1. The predicted octanol–water partition coefficient (Wildman–Crippen LogP) is 5.28. The van der Waals surface area contributed by atoms with Crippen molar-refractivity contribution >= 4 is 51.0 Å². The molecule has 0 saturated heterocycles. The Bertz CT molecular complexity index is 1530. The predicted molar refractivity (Wildman–Crippen MR) is 123 cm³/mol. The Balaban J connectivity index is 1.73. The highest BCUT2D eigenvalue weighted by Gasteiger charge is 2.19. The highest BCUT2D eigenvalue weighted by molar-refractivity contribution is 6.34. The van der Waals surface area contributed by atoms with Crippen molar-refractivity contribution in [3.05, 3.63) is 87.0 Å². The minimum Gasteiger partial charge on any atom is -0.360 e. The van der Waals surface area contributed by atoms with Crippen molar-refractivity contribution in [1.82, 2.24) is 24.5 Å². The van der Waals surface area contributed by atoms with E-state index in [9.17, 15) is 9.18 Å². The summed E-state index contributed by atoms with van der Waals surface area (Å²) in [6.45, 7) is 1.88. The first-order valence-corrected chi connectivity index (χ1v) is 10.4. The molecule has 160 valence electrons. The molecule has 10 heteroatoms. The molecule has 0 radical (unpaired) electrons. The minimum atomic E-state index is -0.494. The van der Waals surface area contributed by atoms with Gasteiger partial charge in [-0.3, -0.25) is 9.36 Å². The van der Waals surface area contributed by atoms with Gasteiger partial charge in [0.25, 0.3) is 5.56 Å². The molecular formula is C22H15Cl2FN6O.